The van der Waals surface area contributed by atoms with Gasteiger partial charge in [0, 0.05) is 12.8 Å². The molecule has 2 aromatic rings. The summed E-state index contributed by atoms with van der Waals surface area (Å²) in [6.07, 6.45) is -0.252. The van der Waals surface area contributed by atoms with E-state index in [1.165, 1.54) is 0 Å². The molecule has 1 heterocycles. The van der Waals surface area contributed by atoms with Crippen molar-refractivity contribution >= 4 is 23.7 Å². The van der Waals surface area contributed by atoms with Crippen molar-refractivity contribution in [1.29, 1.82) is 0 Å². The number of fused-ring (bicyclic) bond motifs is 1. The molecule has 3 rings (SSSR count). The first-order chi connectivity index (χ1) is 11.6. The third-order valence-electron chi connectivity index (χ3n) is 4.00. The number of ether oxygens (including phenoxy) is 1. The van der Waals surface area contributed by atoms with E-state index in [1.54, 1.807) is 12.1 Å². The van der Waals surface area contributed by atoms with Crippen LogP contribution in [-0.4, -0.2) is 33.7 Å². The fourth-order valence-electron chi connectivity index (χ4n) is 2.77. The molecule has 2 aromatic carbocycles. The number of rotatable bonds is 5. The van der Waals surface area contributed by atoms with Crippen LogP contribution in [-0.2, 0) is 22.4 Å². The second-order valence-electron chi connectivity index (χ2n) is 5.61. The summed E-state index contributed by atoms with van der Waals surface area (Å²) in [5.41, 5.74) is 2.14. The Morgan fingerprint density at radius 3 is 2.58 bits per heavy atom. The monoisotopic (exact) mass is 345 g/mol. The predicted octanol–water partition coefficient (Wildman–Crippen LogP) is 2.88. The predicted molar refractivity (Wildman–Crippen MR) is 88.6 cm³/mol. The van der Waals surface area contributed by atoms with Crippen molar-refractivity contribution in [1.82, 2.24) is 4.42 Å². The van der Waals surface area contributed by atoms with E-state index in [9.17, 15) is 14.7 Å². The molecule has 1 unspecified atom stereocenters. The minimum absolute atomic E-state index is 0.218. The van der Waals surface area contributed by atoms with E-state index in [-0.39, 0.29) is 6.42 Å². The van der Waals surface area contributed by atoms with Gasteiger partial charge in [0.2, 0.25) is 0 Å². The van der Waals surface area contributed by atoms with Crippen LogP contribution in [0.15, 0.2) is 54.6 Å². The summed E-state index contributed by atoms with van der Waals surface area (Å²) in [7, 11) is 0. The number of carboxylic acid groups (broad SMARTS) is 1. The van der Waals surface area contributed by atoms with Gasteiger partial charge in [-0.25, -0.2) is 4.79 Å². The molecule has 6 heteroatoms. The minimum Gasteiger partial charge on any atom is -0.480 e. The third-order valence-corrected chi connectivity index (χ3v) is 4.46. The van der Waals surface area contributed by atoms with E-state index in [1.807, 2.05) is 42.5 Å². The smallest absolute Gasteiger partial charge is 0.340 e. The number of esters is 1. The maximum absolute atomic E-state index is 12.1. The molecule has 0 bridgehead atoms. The number of halogens is 1. The first kappa shape index (κ1) is 16.5. The maximum Gasteiger partial charge on any atom is 0.340 e. The molecule has 0 saturated carbocycles. The lowest BCUT2D eigenvalue weighted by molar-refractivity contribution is -0.144. The molecule has 0 amide bonds. The lowest BCUT2D eigenvalue weighted by atomic mass is 10.00. The number of hydrogen-bond donors (Lipinski definition) is 1. The summed E-state index contributed by atoms with van der Waals surface area (Å²) in [6, 6.07) is 15.3. The Morgan fingerprint density at radius 1 is 1.21 bits per heavy atom. The Hall–Kier alpha value is -2.37. The summed E-state index contributed by atoms with van der Waals surface area (Å²) in [6.45, 7) is 0. The highest BCUT2D eigenvalue weighted by Gasteiger charge is 2.36. The second-order valence-corrected chi connectivity index (χ2v) is 6.00. The summed E-state index contributed by atoms with van der Waals surface area (Å²) in [5, 5.41) is 9.53. The molecular weight excluding hydrogens is 330 g/mol. The van der Waals surface area contributed by atoms with E-state index in [0.29, 0.717) is 12.0 Å². The zero-order valence-electron chi connectivity index (χ0n) is 12.8. The Labute approximate surface area is 144 Å². The van der Waals surface area contributed by atoms with E-state index < -0.39 is 24.2 Å². The van der Waals surface area contributed by atoms with Crippen LogP contribution < -0.4 is 0 Å². The lowest BCUT2D eigenvalue weighted by Gasteiger charge is -2.32. The highest BCUT2D eigenvalue weighted by molar-refractivity contribution is 6.15. The van der Waals surface area contributed by atoms with Gasteiger partial charge in [-0.3, -0.25) is 4.79 Å². The number of carbonyl (C=O) groups is 2. The summed E-state index contributed by atoms with van der Waals surface area (Å²) in [4.78, 5) is 23.7. The van der Waals surface area contributed by atoms with Crippen molar-refractivity contribution in [2.75, 3.05) is 0 Å². The largest absolute Gasteiger partial charge is 0.480 e. The molecule has 0 fully saturated rings. The molecule has 0 aliphatic carbocycles. The molecule has 2 atom stereocenters. The normalized spacial score (nSPS) is 17.9. The van der Waals surface area contributed by atoms with Gasteiger partial charge in [0.1, 0.15) is 6.04 Å². The van der Waals surface area contributed by atoms with Crippen molar-refractivity contribution in [3.05, 3.63) is 71.3 Å². The van der Waals surface area contributed by atoms with Crippen molar-refractivity contribution in [3.8, 4) is 0 Å². The highest BCUT2D eigenvalue weighted by atomic mass is 35.5. The quantitative estimate of drug-likeness (QED) is 0.666. The summed E-state index contributed by atoms with van der Waals surface area (Å²) < 4.78 is 6.44. The zero-order valence-corrected chi connectivity index (χ0v) is 13.5. The minimum atomic E-state index is -1.07. The van der Waals surface area contributed by atoms with Crippen molar-refractivity contribution in [2.45, 2.75) is 25.1 Å². The fraction of sp³-hybridized carbons (Fsp3) is 0.222. The van der Waals surface area contributed by atoms with Gasteiger partial charge in [0.05, 0.1) is 5.56 Å². The number of carbonyl (C=O) groups excluding carboxylic acids is 1. The van der Waals surface area contributed by atoms with Crippen LogP contribution >= 0.6 is 11.8 Å². The molecular formula is C18H16ClNO4. The van der Waals surface area contributed by atoms with Crippen LogP contribution in [0.4, 0.5) is 0 Å². The van der Waals surface area contributed by atoms with E-state index in [4.69, 9.17) is 16.5 Å². The molecule has 0 saturated heterocycles. The average molecular weight is 346 g/mol. The number of carboxylic acids is 1. The van der Waals surface area contributed by atoms with Crippen molar-refractivity contribution in [3.63, 3.8) is 0 Å². The molecule has 5 nitrogen and oxygen atoms in total. The number of aliphatic carboxylic acids is 1. The van der Waals surface area contributed by atoms with Crippen LogP contribution in [0.2, 0.25) is 0 Å². The van der Waals surface area contributed by atoms with Gasteiger partial charge in [-0.15, -0.1) is 0 Å². The highest BCUT2D eigenvalue weighted by Crippen LogP contribution is 2.26. The van der Waals surface area contributed by atoms with Crippen molar-refractivity contribution < 1.29 is 19.4 Å². The molecule has 0 radical (unpaired) electrons. The second kappa shape index (κ2) is 7.03. The Bertz CT molecular complexity index is 750. The molecule has 1 aliphatic rings. The number of cyclic esters (lactones) is 1. The molecule has 0 spiro atoms. The van der Waals surface area contributed by atoms with Gasteiger partial charge in [0.15, 0.2) is 6.23 Å². The van der Waals surface area contributed by atoms with Crippen LogP contribution in [0.5, 0.6) is 0 Å². The van der Waals surface area contributed by atoms with E-state index >= 15 is 0 Å². The fourth-order valence-corrected chi connectivity index (χ4v) is 3.03. The van der Waals surface area contributed by atoms with Crippen LogP contribution in [0.3, 0.4) is 0 Å². The first-order valence-corrected chi connectivity index (χ1v) is 7.90. The molecule has 1 aliphatic heterocycles. The average Bonchev–Trinajstić information content (AvgIpc) is 2.60. The van der Waals surface area contributed by atoms with Gasteiger partial charge >= 0.3 is 11.9 Å². The topological polar surface area (TPSA) is 66.8 Å². The SMILES string of the molecule is O=C1OC(N(Cl)[C@@H](Cc2ccccc2)C(=O)O)Cc2ccccc21. The zero-order chi connectivity index (χ0) is 17.1. The van der Waals surface area contributed by atoms with E-state index in [2.05, 4.69) is 0 Å². The number of nitrogens with zero attached hydrogens (tertiary/aromatic N) is 1. The molecule has 1 N–H and O–H groups in total. The van der Waals surface area contributed by atoms with Gasteiger partial charge in [0.25, 0.3) is 0 Å². The van der Waals surface area contributed by atoms with Gasteiger partial charge in [-0.2, -0.15) is 4.42 Å². The van der Waals surface area contributed by atoms with Crippen LogP contribution in [0, 0.1) is 0 Å². The molecule has 0 aromatic heterocycles. The third kappa shape index (κ3) is 3.42. The molecule has 124 valence electrons. The van der Waals surface area contributed by atoms with Crippen molar-refractivity contribution in [2.24, 2.45) is 0 Å². The maximum atomic E-state index is 12.1. The Balaban J connectivity index is 1.80. The molecule has 24 heavy (non-hydrogen) atoms. The Kier molecular flexibility index (Phi) is 4.83. The lowest BCUT2D eigenvalue weighted by Crippen LogP contribution is -2.47. The van der Waals surface area contributed by atoms with Gasteiger partial charge < -0.3 is 9.84 Å². The summed E-state index contributed by atoms with van der Waals surface area (Å²) in [5.74, 6) is -1.56. The Morgan fingerprint density at radius 2 is 1.88 bits per heavy atom. The summed E-state index contributed by atoms with van der Waals surface area (Å²) >= 11 is 6.28. The van der Waals surface area contributed by atoms with Crippen LogP contribution in [0.25, 0.3) is 0 Å². The first-order valence-electron chi connectivity index (χ1n) is 7.56. The van der Waals surface area contributed by atoms with Crippen LogP contribution in [0.1, 0.15) is 21.5 Å². The number of hydrogen-bond acceptors (Lipinski definition) is 4. The van der Waals surface area contributed by atoms with E-state index in [0.717, 1.165) is 15.5 Å². The standard InChI is InChI=1S/C18H16ClNO4/c19-20(15(17(21)22)10-12-6-2-1-3-7-12)16-11-13-8-4-5-9-14(13)18(23)24-16/h1-9,15-16H,10-11H2,(H,21,22)/t15-,16?/m0/s1. The number of benzene rings is 2. The van der Waals surface area contributed by atoms with Gasteiger partial charge in [-0.05, 0) is 29.0 Å². The van der Waals surface area contributed by atoms with Gasteiger partial charge in [-0.1, -0.05) is 48.5 Å².